The lowest BCUT2D eigenvalue weighted by Crippen LogP contribution is -2.00. The van der Waals surface area contributed by atoms with Gasteiger partial charge in [0.2, 0.25) is 0 Å². The lowest BCUT2D eigenvalue weighted by molar-refractivity contribution is -0.136. The Bertz CT molecular complexity index is 630. The van der Waals surface area contributed by atoms with Crippen molar-refractivity contribution in [3.63, 3.8) is 0 Å². The molecule has 6 heteroatoms. The second-order valence-corrected chi connectivity index (χ2v) is 5.95. The average molecular weight is 416 g/mol. The Labute approximate surface area is 139 Å². The van der Waals surface area contributed by atoms with E-state index in [1.165, 1.54) is 0 Å². The summed E-state index contributed by atoms with van der Waals surface area (Å²) in [5.74, 6) is 1.12. The van der Waals surface area contributed by atoms with E-state index in [1.807, 2.05) is 0 Å². The van der Waals surface area contributed by atoms with Crippen molar-refractivity contribution in [1.29, 1.82) is 0 Å². The molecule has 1 N–H and O–H groups in total. The number of carboxylic acids is 1. The van der Waals surface area contributed by atoms with Crippen LogP contribution in [0, 0.1) is 0 Å². The Morgan fingerprint density at radius 2 is 1.62 bits per heavy atom. The highest BCUT2D eigenvalue weighted by molar-refractivity contribution is 9.11. The number of ether oxygens (including phenoxy) is 2. The van der Waals surface area contributed by atoms with E-state index < -0.39 is 5.97 Å². The summed E-state index contributed by atoms with van der Waals surface area (Å²) in [6, 6.07) is 10.7. The first-order valence-electron chi connectivity index (χ1n) is 6.01. The smallest absolute Gasteiger partial charge is 0.307 e. The normalized spacial score (nSPS) is 10.2. The van der Waals surface area contributed by atoms with Crippen molar-refractivity contribution in [3.05, 3.63) is 50.9 Å². The van der Waals surface area contributed by atoms with E-state index in [0.717, 1.165) is 5.75 Å². The fraction of sp³-hybridized carbons (Fsp3) is 0.133. The minimum Gasteiger partial charge on any atom is -0.497 e. The van der Waals surface area contributed by atoms with Gasteiger partial charge in [-0.2, -0.15) is 0 Å². The molecule has 2 aromatic rings. The van der Waals surface area contributed by atoms with Gasteiger partial charge in [-0.25, -0.2) is 0 Å². The number of methoxy groups -OCH3 is 1. The van der Waals surface area contributed by atoms with Crippen molar-refractivity contribution in [2.75, 3.05) is 7.11 Å². The number of aliphatic carboxylic acids is 1. The summed E-state index contributed by atoms with van der Waals surface area (Å²) < 4.78 is 12.3. The molecular formula is C15H12Br2O4. The van der Waals surface area contributed by atoms with Gasteiger partial charge in [0.1, 0.15) is 11.5 Å². The van der Waals surface area contributed by atoms with E-state index in [1.54, 1.807) is 43.5 Å². The van der Waals surface area contributed by atoms with Gasteiger partial charge in [0, 0.05) is 0 Å². The minimum absolute atomic E-state index is 0.0417. The van der Waals surface area contributed by atoms with E-state index in [0.29, 0.717) is 26.0 Å². The lowest BCUT2D eigenvalue weighted by Gasteiger charge is -2.12. The molecule has 21 heavy (non-hydrogen) atoms. The maximum Gasteiger partial charge on any atom is 0.307 e. The monoisotopic (exact) mass is 414 g/mol. The highest BCUT2D eigenvalue weighted by Crippen LogP contribution is 2.38. The fourth-order valence-electron chi connectivity index (χ4n) is 1.75. The molecule has 0 amide bonds. The molecule has 0 aliphatic rings. The van der Waals surface area contributed by atoms with Crippen LogP contribution in [-0.4, -0.2) is 18.2 Å². The van der Waals surface area contributed by atoms with Crippen LogP contribution in [0.5, 0.6) is 17.2 Å². The third-order valence-electron chi connectivity index (χ3n) is 2.69. The third-order valence-corrected chi connectivity index (χ3v) is 3.87. The van der Waals surface area contributed by atoms with Crippen molar-refractivity contribution in [1.82, 2.24) is 0 Å². The second kappa shape index (κ2) is 6.95. The molecule has 0 aliphatic carbocycles. The molecule has 0 spiro atoms. The van der Waals surface area contributed by atoms with Crippen LogP contribution in [0.25, 0.3) is 0 Å². The molecule has 110 valence electrons. The Morgan fingerprint density at radius 3 is 2.10 bits per heavy atom. The molecular weight excluding hydrogens is 404 g/mol. The van der Waals surface area contributed by atoms with E-state index in [4.69, 9.17) is 14.6 Å². The van der Waals surface area contributed by atoms with E-state index in [2.05, 4.69) is 31.9 Å². The first-order chi connectivity index (χ1) is 9.99. The number of benzene rings is 2. The van der Waals surface area contributed by atoms with Crippen molar-refractivity contribution in [3.8, 4) is 17.2 Å². The van der Waals surface area contributed by atoms with Gasteiger partial charge in [-0.15, -0.1) is 0 Å². The predicted octanol–water partition coefficient (Wildman–Crippen LogP) is 4.64. The first kappa shape index (κ1) is 15.9. The Hall–Kier alpha value is -1.53. The van der Waals surface area contributed by atoms with Crippen molar-refractivity contribution in [2.45, 2.75) is 6.42 Å². The highest BCUT2D eigenvalue weighted by Gasteiger charge is 2.12. The van der Waals surface area contributed by atoms with Crippen LogP contribution >= 0.6 is 31.9 Å². The molecule has 0 bridgehead atoms. The predicted molar refractivity (Wildman–Crippen MR) is 86.2 cm³/mol. The molecule has 0 heterocycles. The number of rotatable bonds is 5. The summed E-state index contributed by atoms with van der Waals surface area (Å²) in [6.07, 6.45) is -0.0417. The van der Waals surface area contributed by atoms with Crippen molar-refractivity contribution in [2.24, 2.45) is 0 Å². The summed E-state index contributed by atoms with van der Waals surface area (Å²) in [5.41, 5.74) is 0.684. The zero-order valence-corrected chi connectivity index (χ0v) is 14.3. The zero-order valence-electron chi connectivity index (χ0n) is 11.1. The van der Waals surface area contributed by atoms with Crippen molar-refractivity contribution < 1.29 is 19.4 Å². The van der Waals surface area contributed by atoms with Crippen LogP contribution in [0.4, 0.5) is 0 Å². The molecule has 0 aromatic heterocycles. The van der Waals surface area contributed by atoms with E-state index in [-0.39, 0.29) is 6.42 Å². The quantitative estimate of drug-likeness (QED) is 0.772. The highest BCUT2D eigenvalue weighted by atomic mass is 79.9. The number of carbonyl (C=O) groups is 1. The summed E-state index contributed by atoms with van der Waals surface area (Å²) in [5, 5.41) is 8.83. The van der Waals surface area contributed by atoms with Gasteiger partial charge in [-0.05, 0) is 73.8 Å². The molecule has 2 rings (SSSR count). The van der Waals surface area contributed by atoms with Crippen LogP contribution in [0.1, 0.15) is 5.56 Å². The largest absolute Gasteiger partial charge is 0.497 e. The second-order valence-electron chi connectivity index (χ2n) is 4.24. The molecule has 0 fully saturated rings. The van der Waals surface area contributed by atoms with Crippen LogP contribution in [0.3, 0.4) is 0 Å². The summed E-state index contributed by atoms with van der Waals surface area (Å²) in [4.78, 5) is 10.8. The first-order valence-corrected chi connectivity index (χ1v) is 7.60. The summed E-state index contributed by atoms with van der Waals surface area (Å²) in [6.45, 7) is 0. The van der Waals surface area contributed by atoms with Gasteiger partial charge in [0.05, 0.1) is 22.5 Å². The molecule has 0 unspecified atom stereocenters. The topological polar surface area (TPSA) is 55.8 Å². The molecule has 0 atom stereocenters. The SMILES string of the molecule is COc1ccc(Oc2c(Br)cc(CC(=O)O)cc2Br)cc1. The van der Waals surface area contributed by atoms with Gasteiger partial charge in [-0.1, -0.05) is 0 Å². The molecule has 2 aromatic carbocycles. The molecule has 0 aliphatic heterocycles. The van der Waals surface area contributed by atoms with Gasteiger partial charge in [-0.3, -0.25) is 4.79 Å². The van der Waals surface area contributed by atoms with Gasteiger partial charge >= 0.3 is 5.97 Å². The van der Waals surface area contributed by atoms with Gasteiger partial charge < -0.3 is 14.6 Å². The van der Waals surface area contributed by atoms with Gasteiger partial charge in [0.15, 0.2) is 5.75 Å². The van der Waals surface area contributed by atoms with Crippen LogP contribution in [-0.2, 0) is 11.2 Å². The summed E-state index contributed by atoms with van der Waals surface area (Å²) >= 11 is 6.80. The number of hydrogen-bond donors (Lipinski definition) is 1. The Morgan fingerprint density at radius 1 is 1.10 bits per heavy atom. The van der Waals surface area contributed by atoms with Crippen LogP contribution in [0.2, 0.25) is 0 Å². The van der Waals surface area contributed by atoms with E-state index in [9.17, 15) is 4.79 Å². The number of halogens is 2. The molecule has 0 radical (unpaired) electrons. The lowest BCUT2D eigenvalue weighted by atomic mass is 10.1. The Kier molecular flexibility index (Phi) is 5.25. The fourth-order valence-corrected chi connectivity index (χ4v) is 3.19. The minimum atomic E-state index is -0.877. The average Bonchev–Trinajstić information content (AvgIpc) is 2.43. The van der Waals surface area contributed by atoms with E-state index >= 15 is 0 Å². The third kappa shape index (κ3) is 4.22. The van der Waals surface area contributed by atoms with Gasteiger partial charge in [0.25, 0.3) is 0 Å². The maximum atomic E-state index is 10.8. The van der Waals surface area contributed by atoms with Crippen molar-refractivity contribution >= 4 is 37.8 Å². The zero-order chi connectivity index (χ0) is 15.4. The number of hydrogen-bond acceptors (Lipinski definition) is 3. The standard InChI is InChI=1S/C15H12Br2O4/c1-20-10-2-4-11(5-3-10)21-15-12(16)6-9(7-13(15)17)8-14(18)19/h2-7H,8H2,1H3,(H,18,19). The van der Waals surface area contributed by atoms with Crippen LogP contribution < -0.4 is 9.47 Å². The molecule has 0 saturated heterocycles. The summed E-state index contributed by atoms with van der Waals surface area (Å²) in [7, 11) is 1.60. The van der Waals surface area contributed by atoms with Crippen LogP contribution in [0.15, 0.2) is 45.3 Å². The molecule has 0 saturated carbocycles. The Balaban J connectivity index is 2.24. The molecule has 4 nitrogen and oxygen atoms in total. The maximum absolute atomic E-state index is 10.8. The number of carboxylic acid groups (broad SMARTS) is 1.